The summed E-state index contributed by atoms with van der Waals surface area (Å²) in [7, 11) is 0. The van der Waals surface area contributed by atoms with Crippen molar-refractivity contribution < 1.29 is 4.79 Å². The third kappa shape index (κ3) is 3.60. The molecule has 4 nitrogen and oxygen atoms in total. The van der Waals surface area contributed by atoms with Gasteiger partial charge >= 0.3 is 0 Å². The number of hydrogen-bond donors (Lipinski definition) is 2. The number of nitrogens with zero attached hydrogens (tertiary/aromatic N) is 1. The molecular weight excluding hydrogens is 214 g/mol. The predicted octanol–water partition coefficient (Wildman–Crippen LogP) is 1.27. The SMILES string of the molecule is NC1(CC(=O)NCCn2cccc2)CCCC1. The Kier molecular flexibility index (Phi) is 3.84. The smallest absolute Gasteiger partial charge is 0.221 e. The van der Waals surface area contributed by atoms with Crippen molar-refractivity contribution in [3.05, 3.63) is 24.5 Å². The molecule has 1 aromatic rings. The van der Waals surface area contributed by atoms with Gasteiger partial charge < -0.3 is 15.6 Å². The third-order valence-corrected chi connectivity index (χ3v) is 3.47. The highest BCUT2D eigenvalue weighted by Gasteiger charge is 2.31. The molecule has 1 heterocycles. The summed E-state index contributed by atoms with van der Waals surface area (Å²) in [4.78, 5) is 11.7. The highest BCUT2D eigenvalue weighted by atomic mass is 16.1. The summed E-state index contributed by atoms with van der Waals surface area (Å²) >= 11 is 0. The van der Waals surface area contributed by atoms with E-state index in [-0.39, 0.29) is 11.4 Å². The Morgan fingerprint density at radius 2 is 1.94 bits per heavy atom. The molecular formula is C13H21N3O. The molecule has 1 aliphatic rings. The van der Waals surface area contributed by atoms with Crippen LogP contribution in [0.4, 0.5) is 0 Å². The maximum atomic E-state index is 11.7. The van der Waals surface area contributed by atoms with Crippen molar-refractivity contribution in [2.75, 3.05) is 6.54 Å². The van der Waals surface area contributed by atoms with Crippen molar-refractivity contribution in [3.63, 3.8) is 0 Å². The molecule has 1 fully saturated rings. The summed E-state index contributed by atoms with van der Waals surface area (Å²) in [5.74, 6) is 0.0848. The topological polar surface area (TPSA) is 60.1 Å². The van der Waals surface area contributed by atoms with Gasteiger partial charge in [-0.25, -0.2) is 0 Å². The van der Waals surface area contributed by atoms with Crippen molar-refractivity contribution in [1.29, 1.82) is 0 Å². The van der Waals surface area contributed by atoms with Gasteiger partial charge in [-0.05, 0) is 25.0 Å². The molecule has 0 unspecified atom stereocenters. The van der Waals surface area contributed by atoms with Gasteiger partial charge in [0, 0.05) is 37.4 Å². The lowest BCUT2D eigenvalue weighted by atomic mass is 9.94. The van der Waals surface area contributed by atoms with Crippen LogP contribution in [0.3, 0.4) is 0 Å². The third-order valence-electron chi connectivity index (χ3n) is 3.47. The first-order chi connectivity index (χ1) is 8.18. The van der Waals surface area contributed by atoms with E-state index in [1.165, 1.54) is 0 Å². The average molecular weight is 235 g/mol. The number of hydrogen-bond acceptors (Lipinski definition) is 2. The zero-order valence-electron chi connectivity index (χ0n) is 10.2. The molecule has 3 N–H and O–H groups in total. The molecule has 0 bridgehead atoms. The minimum Gasteiger partial charge on any atom is -0.354 e. The summed E-state index contributed by atoms with van der Waals surface area (Å²) in [6.07, 6.45) is 8.75. The molecule has 2 rings (SSSR count). The molecule has 0 radical (unpaired) electrons. The molecule has 1 amide bonds. The fraction of sp³-hybridized carbons (Fsp3) is 0.615. The van der Waals surface area contributed by atoms with Crippen molar-refractivity contribution in [2.45, 2.75) is 44.2 Å². The summed E-state index contributed by atoms with van der Waals surface area (Å²) in [5, 5.41) is 2.93. The molecule has 0 spiro atoms. The number of carbonyl (C=O) groups is 1. The molecule has 1 aliphatic carbocycles. The van der Waals surface area contributed by atoms with Crippen LogP contribution in [-0.2, 0) is 11.3 Å². The zero-order chi connectivity index (χ0) is 12.1. The van der Waals surface area contributed by atoms with Crippen molar-refractivity contribution in [1.82, 2.24) is 9.88 Å². The van der Waals surface area contributed by atoms with Gasteiger partial charge in [-0.3, -0.25) is 4.79 Å². The Labute approximate surface area is 102 Å². The summed E-state index contributed by atoms with van der Waals surface area (Å²) in [6, 6.07) is 3.96. The van der Waals surface area contributed by atoms with Crippen LogP contribution in [0.5, 0.6) is 0 Å². The molecule has 94 valence electrons. The minimum absolute atomic E-state index is 0.0848. The van der Waals surface area contributed by atoms with Crippen LogP contribution in [0.15, 0.2) is 24.5 Å². The van der Waals surface area contributed by atoms with Crippen molar-refractivity contribution >= 4 is 5.91 Å². The zero-order valence-corrected chi connectivity index (χ0v) is 10.2. The van der Waals surface area contributed by atoms with E-state index < -0.39 is 0 Å². The Bertz CT molecular complexity index is 353. The van der Waals surface area contributed by atoms with E-state index in [1.807, 2.05) is 29.1 Å². The second kappa shape index (κ2) is 5.36. The number of amides is 1. The number of rotatable bonds is 5. The quantitative estimate of drug-likeness (QED) is 0.807. The maximum Gasteiger partial charge on any atom is 0.221 e. The van der Waals surface area contributed by atoms with Gasteiger partial charge in [-0.1, -0.05) is 12.8 Å². The standard InChI is InChI=1S/C13H21N3O/c14-13(5-1-2-6-13)11-12(17)15-7-10-16-8-3-4-9-16/h3-4,8-9H,1-2,5-7,10-11,14H2,(H,15,17). The lowest BCUT2D eigenvalue weighted by molar-refractivity contribution is -0.122. The molecule has 0 saturated heterocycles. The minimum atomic E-state index is -0.239. The molecule has 17 heavy (non-hydrogen) atoms. The monoisotopic (exact) mass is 235 g/mol. The number of aromatic nitrogens is 1. The van der Waals surface area contributed by atoms with Crippen molar-refractivity contribution in [2.24, 2.45) is 5.73 Å². The molecule has 0 aromatic carbocycles. The second-order valence-corrected chi connectivity index (χ2v) is 5.02. The van der Waals surface area contributed by atoms with Crippen LogP contribution in [0, 0.1) is 0 Å². The van der Waals surface area contributed by atoms with Gasteiger partial charge in [0.2, 0.25) is 5.91 Å². The van der Waals surface area contributed by atoms with Crippen LogP contribution in [0.25, 0.3) is 0 Å². The number of nitrogens with two attached hydrogens (primary N) is 1. The highest BCUT2D eigenvalue weighted by molar-refractivity contribution is 5.77. The Morgan fingerprint density at radius 3 is 2.59 bits per heavy atom. The largest absolute Gasteiger partial charge is 0.354 e. The van der Waals surface area contributed by atoms with Gasteiger partial charge in [0.25, 0.3) is 0 Å². The highest BCUT2D eigenvalue weighted by Crippen LogP contribution is 2.29. The van der Waals surface area contributed by atoms with E-state index in [0.717, 1.165) is 32.2 Å². The molecule has 1 aromatic heterocycles. The fourth-order valence-electron chi connectivity index (χ4n) is 2.48. The van der Waals surface area contributed by atoms with Gasteiger partial charge in [-0.15, -0.1) is 0 Å². The first-order valence-corrected chi connectivity index (χ1v) is 6.34. The van der Waals surface area contributed by atoms with Crippen LogP contribution >= 0.6 is 0 Å². The predicted molar refractivity (Wildman–Crippen MR) is 67.4 cm³/mol. The first kappa shape index (κ1) is 12.2. The Hall–Kier alpha value is -1.29. The van der Waals surface area contributed by atoms with Gasteiger partial charge in [0.05, 0.1) is 0 Å². The van der Waals surface area contributed by atoms with E-state index in [1.54, 1.807) is 0 Å². The maximum absolute atomic E-state index is 11.7. The summed E-state index contributed by atoms with van der Waals surface area (Å²) in [6.45, 7) is 1.49. The molecule has 0 aliphatic heterocycles. The average Bonchev–Trinajstić information content (AvgIpc) is 2.90. The van der Waals surface area contributed by atoms with Crippen LogP contribution < -0.4 is 11.1 Å². The van der Waals surface area contributed by atoms with Gasteiger partial charge in [-0.2, -0.15) is 0 Å². The van der Waals surface area contributed by atoms with E-state index in [0.29, 0.717) is 13.0 Å². The summed E-state index contributed by atoms with van der Waals surface area (Å²) in [5.41, 5.74) is 5.92. The Balaban J connectivity index is 1.67. The second-order valence-electron chi connectivity index (χ2n) is 5.02. The van der Waals surface area contributed by atoms with Gasteiger partial charge in [0.1, 0.15) is 0 Å². The first-order valence-electron chi connectivity index (χ1n) is 6.34. The van der Waals surface area contributed by atoms with Crippen molar-refractivity contribution in [3.8, 4) is 0 Å². The molecule has 1 saturated carbocycles. The lowest BCUT2D eigenvalue weighted by Crippen LogP contribution is -2.42. The normalized spacial score (nSPS) is 18.2. The number of carbonyl (C=O) groups excluding carboxylic acids is 1. The molecule has 4 heteroatoms. The summed E-state index contributed by atoms with van der Waals surface area (Å²) < 4.78 is 2.05. The van der Waals surface area contributed by atoms with E-state index in [4.69, 9.17) is 5.73 Å². The fourth-order valence-corrected chi connectivity index (χ4v) is 2.48. The van der Waals surface area contributed by atoms with Crippen LogP contribution in [0.2, 0.25) is 0 Å². The molecule has 0 atom stereocenters. The Morgan fingerprint density at radius 1 is 1.29 bits per heavy atom. The number of nitrogens with one attached hydrogen (secondary N) is 1. The van der Waals surface area contributed by atoms with E-state index >= 15 is 0 Å². The van der Waals surface area contributed by atoms with Gasteiger partial charge in [0.15, 0.2) is 0 Å². The lowest BCUT2D eigenvalue weighted by Gasteiger charge is -2.22. The van der Waals surface area contributed by atoms with E-state index in [2.05, 4.69) is 5.32 Å². The van der Waals surface area contributed by atoms with Crippen LogP contribution in [0.1, 0.15) is 32.1 Å². The van der Waals surface area contributed by atoms with Crippen LogP contribution in [-0.4, -0.2) is 22.6 Å². The van der Waals surface area contributed by atoms with E-state index in [9.17, 15) is 4.79 Å².